The molecule has 8 aromatic carbocycles. The Morgan fingerprint density at radius 3 is 1.58 bits per heavy atom. The largest absolute Gasteiger partial charge is 0.456 e. The summed E-state index contributed by atoms with van der Waals surface area (Å²) >= 11 is 0. The van der Waals surface area contributed by atoms with Crippen molar-refractivity contribution >= 4 is 54.3 Å². The average molecular weight is 547 g/mol. The monoisotopic (exact) mass is 546 g/mol. The summed E-state index contributed by atoms with van der Waals surface area (Å²) in [4.78, 5) is 0. The summed E-state index contributed by atoms with van der Waals surface area (Å²) in [5.41, 5.74) is 9.20. The minimum Gasteiger partial charge on any atom is -0.456 e. The molecule has 0 bridgehead atoms. The first kappa shape index (κ1) is 24.0. The van der Waals surface area contributed by atoms with Crippen molar-refractivity contribution in [1.29, 1.82) is 0 Å². The van der Waals surface area contributed by atoms with E-state index >= 15 is 0 Å². The molecule has 0 radical (unpaired) electrons. The van der Waals surface area contributed by atoms with Crippen LogP contribution in [0.1, 0.15) is 0 Å². The van der Waals surface area contributed by atoms with Gasteiger partial charge in [-0.2, -0.15) is 0 Å². The van der Waals surface area contributed by atoms with Gasteiger partial charge in [0, 0.05) is 10.8 Å². The van der Waals surface area contributed by atoms with E-state index in [0.29, 0.717) is 0 Å². The Morgan fingerprint density at radius 1 is 0.326 bits per heavy atom. The Bertz CT molecular complexity index is 2390. The van der Waals surface area contributed by atoms with Crippen LogP contribution in [0, 0.1) is 0 Å². The van der Waals surface area contributed by atoms with Crippen LogP contribution in [0.15, 0.2) is 162 Å². The van der Waals surface area contributed by atoms with E-state index in [-0.39, 0.29) is 0 Å². The fraction of sp³-hybridized carbons (Fsp3) is 0. The topological polar surface area (TPSA) is 13.1 Å². The Kier molecular flexibility index (Phi) is 5.27. The van der Waals surface area contributed by atoms with Crippen LogP contribution < -0.4 is 0 Å². The molecule has 0 unspecified atom stereocenters. The molecule has 1 heteroatoms. The quantitative estimate of drug-likeness (QED) is 0.201. The van der Waals surface area contributed by atoms with Crippen LogP contribution in [0.25, 0.3) is 87.6 Å². The Labute approximate surface area is 249 Å². The van der Waals surface area contributed by atoms with Gasteiger partial charge in [0.05, 0.1) is 0 Å². The third-order valence-electron chi connectivity index (χ3n) is 8.86. The molecule has 0 N–H and O–H groups in total. The lowest BCUT2D eigenvalue weighted by atomic mass is 9.86. The lowest BCUT2D eigenvalue weighted by Gasteiger charge is -2.17. The predicted molar refractivity (Wildman–Crippen MR) is 183 cm³/mol. The summed E-state index contributed by atoms with van der Waals surface area (Å²) in [5.74, 6) is 0. The first-order valence-electron chi connectivity index (χ1n) is 14.8. The van der Waals surface area contributed by atoms with Crippen molar-refractivity contribution in [2.75, 3.05) is 0 Å². The van der Waals surface area contributed by atoms with Crippen molar-refractivity contribution in [2.24, 2.45) is 0 Å². The zero-order chi connectivity index (χ0) is 28.3. The highest BCUT2D eigenvalue weighted by atomic mass is 16.3. The van der Waals surface area contributed by atoms with Gasteiger partial charge in [-0.05, 0) is 90.0 Å². The molecule has 0 amide bonds. The molecule has 0 saturated heterocycles. The molecule has 1 heterocycles. The minimum absolute atomic E-state index is 0.912. The Morgan fingerprint density at radius 2 is 0.907 bits per heavy atom. The van der Waals surface area contributed by atoms with Crippen LogP contribution in [0.4, 0.5) is 0 Å². The number of rotatable bonds is 3. The number of benzene rings is 8. The van der Waals surface area contributed by atoms with Crippen molar-refractivity contribution in [3.05, 3.63) is 158 Å². The minimum atomic E-state index is 0.912. The first-order chi connectivity index (χ1) is 21.3. The molecule has 0 saturated carbocycles. The average Bonchev–Trinajstić information content (AvgIpc) is 3.46. The van der Waals surface area contributed by atoms with E-state index in [9.17, 15) is 0 Å². The molecule has 0 atom stereocenters. The van der Waals surface area contributed by atoms with Gasteiger partial charge in [-0.3, -0.25) is 0 Å². The van der Waals surface area contributed by atoms with E-state index in [1.807, 2.05) is 0 Å². The van der Waals surface area contributed by atoms with E-state index in [4.69, 9.17) is 4.42 Å². The van der Waals surface area contributed by atoms with E-state index in [0.717, 1.165) is 16.6 Å². The third-order valence-corrected chi connectivity index (χ3v) is 8.86. The van der Waals surface area contributed by atoms with Gasteiger partial charge in [0.2, 0.25) is 0 Å². The molecule has 1 nitrogen and oxygen atoms in total. The number of furan rings is 1. The lowest BCUT2D eigenvalue weighted by molar-refractivity contribution is 0.669. The molecule has 0 aliphatic carbocycles. The van der Waals surface area contributed by atoms with Gasteiger partial charge in [0.15, 0.2) is 0 Å². The highest BCUT2D eigenvalue weighted by Gasteiger charge is 2.18. The molecular weight excluding hydrogens is 520 g/mol. The predicted octanol–water partition coefficient (Wildman–Crippen LogP) is 12.0. The summed E-state index contributed by atoms with van der Waals surface area (Å²) in [5, 5.41) is 9.76. The normalized spacial score (nSPS) is 11.7. The lowest BCUT2D eigenvalue weighted by Crippen LogP contribution is -1.90. The van der Waals surface area contributed by atoms with Crippen LogP contribution in [0.2, 0.25) is 0 Å². The highest BCUT2D eigenvalue weighted by molar-refractivity contribution is 6.22. The molecular formula is C42H26O. The Hall–Kier alpha value is -5.66. The summed E-state index contributed by atoms with van der Waals surface area (Å²) in [7, 11) is 0. The molecule has 9 rings (SSSR count). The number of fused-ring (bicyclic) bond motifs is 7. The van der Waals surface area contributed by atoms with E-state index in [1.54, 1.807) is 0 Å². The zero-order valence-corrected chi connectivity index (χ0v) is 23.4. The van der Waals surface area contributed by atoms with Crippen molar-refractivity contribution in [2.45, 2.75) is 0 Å². The summed E-state index contributed by atoms with van der Waals surface area (Å²) in [6.45, 7) is 0. The highest BCUT2D eigenvalue weighted by Crippen LogP contribution is 2.44. The molecule has 9 aromatic rings. The van der Waals surface area contributed by atoms with Gasteiger partial charge in [-0.15, -0.1) is 0 Å². The SMILES string of the molecule is c1ccc(-c2cccc3c(-c4ccc5oc6ccc7ccccc7c6c5c4)c4cccc(-c5ccccc5)c4cc23)cc1. The van der Waals surface area contributed by atoms with Gasteiger partial charge in [-0.1, -0.05) is 133 Å². The van der Waals surface area contributed by atoms with E-state index in [1.165, 1.54) is 71.1 Å². The standard InChI is InChI=1S/C42H26O/c1-3-11-27(12-4-1)31-17-9-19-34-36(31)26-37-32(28-13-5-2-6-14-28)18-10-20-35(37)41(34)30-22-23-39-38(25-30)42-33-16-8-7-15-29(33)21-24-40(42)43-39/h1-26H. The summed E-state index contributed by atoms with van der Waals surface area (Å²) in [6.07, 6.45) is 0. The van der Waals surface area contributed by atoms with Gasteiger partial charge >= 0.3 is 0 Å². The molecule has 0 fully saturated rings. The van der Waals surface area contributed by atoms with E-state index < -0.39 is 0 Å². The van der Waals surface area contributed by atoms with Gasteiger partial charge in [-0.25, -0.2) is 0 Å². The van der Waals surface area contributed by atoms with Crippen LogP contribution in [-0.2, 0) is 0 Å². The van der Waals surface area contributed by atoms with Crippen LogP contribution >= 0.6 is 0 Å². The number of hydrogen-bond acceptors (Lipinski definition) is 1. The number of hydrogen-bond donors (Lipinski definition) is 0. The van der Waals surface area contributed by atoms with Gasteiger partial charge in [0.25, 0.3) is 0 Å². The van der Waals surface area contributed by atoms with Gasteiger partial charge in [0.1, 0.15) is 11.2 Å². The molecule has 200 valence electrons. The van der Waals surface area contributed by atoms with Crippen molar-refractivity contribution in [3.63, 3.8) is 0 Å². The summed E-state index contributed by atoms with van der Waals surface area (Å²) in [6, 6.07) is 56.8. The third kappa shape index (κ3) is 3.72. The smallest absolute Gasteiger partial charge is 0.136 e. The van der Waals surface area contributed by atoms with Crippen molar-refractivity contribution in [3.8, 4) is 33.4 Å². The molecule has 0 spiro atoms. The summed E-state index contributed by atoms with van der Waals surface area (Å²) < 4.78 is 6.38. The molecule has 0 aliphatic rings. The van der Waals surface area contributed by atoms with Crippen LogP contribution in [0.5, 0.6) is 0 Å². The van der Waals surface area contributed by atoms with E-state index in [2.05, 4.69) is 158 Å². The second-order valence-electron chi connectivity index (χ2n) is 11.3. The first-order valence-corrected chi connectivity index (χ1v) is 14.8. The fourth-order valence-electron chi connectivity index (χ4n) is 6.92. The zero-order valence-electron chi connectivity index (χ0n) is 23.4. The van der Waals surface area contributed by atoms with Crippen LogP contribution in [-0.4, -0.2) is 0 Å². The van der Waals surface area contributed by atoms with Crippen molar-refractivity contribution in [1.82, 2.24) is 0 Å². The molecule has 1 aromatic heterocycles. The maximum absolute atomic E-state index is 6.38. The maximum Gasteiger partial charge on any atom is 0.136 e. The van der Waals surface area contributed by atoms with Gasteiger partial charge < -0.3 is 4.42 Å². The maximum atomic E-state index is 6.38. The van der Waals surface area contributed by atoms with Crippen molar-refractivity contribution < 1.29 is 4.42 Å². The Balaban J connectivity index is 1.43. The van der Waals surface area contributed by atoms with Crippen LogP contribution in [0.3, 0.4) is 0 Å². The fourth-order valence-corrected chi connectivity index (χ4v) is 6.92. The molecule has 43 heavy (non-hydrogen) atoms. The molecule has 0 aliphatic heterocycles. The second kappa shape index (κ2) is 9.44. The second-order valence-corrected chi connectivity index (χ2v) is 11.3.